The van der Waals surface area contributed by atoms with E-state index < -0.39 is 0 Å². The van der Waals surface area contributed by atoms with Crippen molar-refractivity contribution in [3.63, 3.8) is 0 Å². The summed E-state index contributed by atoms with van der Waals surface area (Å²) in [5, 5.41) is 0. The number of amides is 2. The van der Waals surface area contributed by atoms with Crippen molar-refractivity contribution >= 4 is 11.8 Å². The van der Waals surface area contributed by atoms with Crippen molar-refractivity contribution < 1.29 is 9.59 Å². The summed E-state index contributed by atoms with van der Waals surface area (Å²) in [7, 11) is 0. The number of carbonyl (C=O) groups excluding carboxylic acids is 2. The fourth-order valence-corrected chi connectivity index (χ4v) is 3.16. The van der Waals surface area contributed by atoms with Crippen molar-refractivity contribution in [2.24, 2.45) is 5.92 Å². The molecule has 2 aliphatic heterocycles. The molecule has 2 atom stereocenters. The Morgan fingerprint density at radius 1 is 1.37 bits per heavy atom. The predicted octanol–water partition coefficient (Wildman–Crippen LogP) is 2.04. The topological polar surface area (TPSA) is 40.6 Å². The van der Waals surface area contributed by atoms with Crippen LogP contribution in [0.3, 0.4) is 0 Å². The van der Waals surface area contributed by atoms with Crippen LogP contribution in [-0.2, 0) is 9.59 Å². The van der Waals surface area contributed by atoms with Crippen molar-refractivity contribution in [3.8, 4) is 0 Å². The quantitative estimate of drug-likeness (QED) is 0.781. The van der Waals surface area contributed by atoms with Gasteiger partial charge in [-0.05, 0) is 32.6 Å². The van der Waals surface area contributed by atoms with Crippen LogP contribution >= 0.6 is 0 Å². The first-order valence-corrected chi connectivity index (χ1v) is 7.71. The molecule has 0 N–H and O–H groups in total. The second-order valence-corrected chi connectivity index (χ2v) is 5.97. The number of nitrogens with zero attached hydrogens (tertiary/aromatic N) is 2. The first-order chi connectivity index (χ1) is 9.13. The Kier molecular flexibility index (Phi) is 4.83. The van der Waals surface area contributed by atoms with Gasteiger partial charge in [-0.2, -0.15) is 0 Å². The lowest BCUT2D eigenvalue weighted by molar-refractivity contribution is -0.139. The van der Waals surface area contributed by atoms with E-state index in [9.17, 15) is 9.59 Å². The van der Waals surface area contributed by atoms with Crippen LogP contribution < -0.4 is 0 Å². The maximum Gasteiger partial charge on any atom is 0.228 e. The Hall–Kier alpha value is -1.06. The smallest absolute Gasteiger partial charge is 0.228 e. The standard InChI is InChI=1S/C15H26N2O2/c1-3-4-8-16-11-13(10-14(16)18)15(19)17-9-6-5-7-12(17)2/h12-13H,3-11H2,1-2H3. The molecule has 0 saturated carbocycles. The Labute approximate surface area is 116 Å². The molecule has 2 fully saturated rings. The lowest BCUT2D eigenvalue weighted by Crippen LogP contribution is -2.45. The van der Waals surface area contributed by atoms with E-state index in [4.69, 9.17) is 0 Å². The molecule has 2 saturated heterocycles. The van der Waals surface area contributed by atoms with E-state index in [2.05, 4.69) is 13.8 Å². The van der Waals surface area contributed by atoms with Gasteiger partial charge in [0.2, 0.25) is 11.8 Å². The fraction of sp³-hybridized carbons (Fsp3) is 0.867. The Morgan fingerprint density at radius 2 is 2.16 bits per heavy atom. The second kappa shape index (κ2) is 6.40. The number of carbonyl (C=O) groups is 2. The van der Waals surface area contributed by atoms with Crippen LogP contribution in [0.5, 0.6) is 0 Å². The van der Waals surface area contributed by atoms with Gasteiger partial charge in [0.25, 0.3) is 0 Å². The molecule has 0 aromatic heterocycles. The first kappa shape index (κ1) is 14.4. The van der Waals surface area contributed by atoms with Crippen molar-refractivity contribution in [2.45, 2.75) is 58.4 Å². The van der Waals surface area contributed by atoms with E-state index in [1.165, 1.54) is 6.42 Å². The molecule has 0 bridgehead atoms. The lowest BCUT2D eigenvalue weighted by Gasteiger charge is -2.35. The molecule has 0 spiro atoms. The minimum Gasteiger partial charge on any atom is -0.342 e. The van der Waals surface area contributed by atoms with Crippen LogP contribution in [0.4, 0.5) is 0 Å². The Bertz CT molecular complexity index is 343. The van der Waals surface area contributed by atoms with Crippen molar-refractivity contribution in [1.29, 1.82) is 0 Å². The van der Waals surface area contributed by atoms with Gasteiger partial charge in [0.1, 0.15) is 0 Å². The number of piperidine rings is 1. The van der Waals surface area contributed by atoms with E-state index >= 15 is 0 Å². The van der Waals surface area contributed by atoms with Crippen molar-refractivity contribution in [2.75, 3.05) is 19.6 Å². The van der Waals surface area contributed by atoms with E-state index in [0.29, 0.717) is 19.0 Å². The van der Waals surface area contributed by atoms with Crippen LogP contribution in [0.15, 0.2) is 0 Å². The van der Waals surface area contributed by atoms with Crippen LogP contribution in [0.1, 0.15) is 52.4 Å². The monoisotopic (exact) mass is 266 g/mol. The average Bonchev–Trinajstić information content (AvgIpc) is 2.77. The van der Waals surface area contributed by atoms with Gasteiger partial charge in [0, 0.05) is 32.1 Å². The molecule has 19 heavy (non-hydrogen) atoms. The molecular weight excluding hydrogens is 240 g/mol. The molecule has 0 radical (unpaired) electrons. The van der Waals surface area contributed by atoms with Gasteiger partial charge >= 0.3 is 0 Å². The summed E-state index contributed by atoms with van der Waals surface area (Å²) >= 11 is 0. The highest BCUT2D eigenvalue weighted by Gasteiger charge is 2.37. The summed E-state index contributed by atoms with van der Waals surface area (Å²) in [6.45, 7) is 6.58. The Morgan fingerprint density at radius 3 is 2.84 bits per heavy atom. The second-order valence-electron chi connectivity index (χ2n) is 5.97. The summed E-state index contributed by atoms with van der Waals surface area (Å²) in [6.07, 6.45) is 5.98. The molecule has 2 heterocycles. The number of unbranched alkanes of at least 4 members (excludes halogenated alkanes) is 1. The molecule has 4 nitrogen and oxygen atoms in total. The van der Waals surface area contributed by atoms with E-state index in [1.54, 1.807) is 0 Å². The number of likely N-dealkylation sites (tertiary alicyclic amines) is 2. The fourth-order valence-electron chi connectivity index (χ4n) is 3.16. The maximum atomic E-state index is 12.5. The van der Waals surface area contributed by atoms with Gasteiger partial charge in [0.05, 0.1) is 5.92 Å². The molecule has 2 amide bonds. The number of hydrogen-bond donors (Lipinski definition) is 0. The van der Waals surface area contributed by atoms with Gasteiger partial charge < -0.3 is 9.80 Å². The molecule has 108 valence electrons. The summed E-state index contributed by atoms with van der Waals surface area (Å²) in [5.41, 5.74) is 0. The van der Waals surface area contributed by atoms with Crippen molar-refractivity contribution in [3.05, 3.63) is 0 Å². The molecule has 2 aliphatic rings. The highest BCUT2D eigenvalue weighted by atomic mass is 16.2. The third kappa shape index (κ3) is 3.28. The van der Waals surface area contributed by atoms with Crippen LogP contribution in [0.25, 0.3) is 0 Å². The highest BCUT2D eigenvalue weighted by Crippen LogP contribution is 2.24. The zero-order chi connectivity index (χ0) is 13.8. The summed E-state index contributed by atoms with van der Waals surface area (Å²) in [5.74, 6) is 0.279. The van der Waals surface area contributed by atoms with E-state index in [0.717, 1.165) is 38.8 Å². The summed E-state index contributed by atoms with van der Waals surface area (Å²) < 4.78 is 0. The van der Waals surface area contributed by atoms with Gasteiger partial charge in [-0.3, -0.25) is 9.59 Å². The van der Waals surface area contributed by atoms with Crippen molar-refractivity contribution in [1.82, 2.24) is 9.80 Å². The van der Waals surface area contributed by atoms with E-state index in [-0.39, 0.29) is 17.7 Å². The summed E-state index contributed by atoms with van der Waals surface area (Å²) in [6, 6.07) is 0.348. The largest absolute Gasteiger partial charge is 0.342 e. The zero-order valence-corrected chi connectivity index (χ0v) is 12.2. The van der Waals surface area contributed by atoms with Crippen LogP contribution in [0.2, 0.25) is 0 Å². The number of rotatable bonds is 4. The SMILES string of the molecule is CCCCN1CC(C(=O)N2CCCCC2C)CC1=O. The molecule has 0 aliphatic carbocycles. The van der Waals surface area contributed by atoms with E-state index in [1.807, 2.05) is 9.80 Å². The average molecular weight is 266 g/mol. The molecule has 2 rings (SSSR count). The minimum absolute atomic E-state index is 0.0927. The third-order valence-corrected chi connectivity index (χ3v) is 4.43. The zero-order valence-electron chi connectivity index (χ0n) is 12.2. The van der Waals surface area contributed by atoms with Crippen LogP contribution in [0, 0.1) is 5.92 Å². The molecule has 0 aromatic carbocycles. The normalized spacial score (nSPS) is 28.0. The minimum atomic E-state index is -0.0927. The molecule has 2 unspecified atom stereocenters. The molecular formula is C15H26N2O2. The van der Waals surface area contributed by atoms with Crippen LogP contribution in [-0.4, -0.2) is 47.3 Å². The van der Waals surface area contributed by atoms with Gasteiger partial charge in [-0.25, -0.2) is 0 Å². The Balaban J connectivity index is 1.91. The summed E-state index contributed by atoms with van der Waals surface area (Å²) in [4.78, 5) is 28.3. The molecule has 0 aromatic rings. The number of hydrogen-bond acceptors (Lipinski definition) is 2. The lowest BCUT2D eigenvalue weighted by atomic mass is 9.99. The maximum absolute atomic E-state index is 12.5. The third-order valence-electron chi connectivity index (χ3n) is 4.43. The predicted molar refractivity (Wildman–Crippen MR) is 74.6 cm³/mol. The van der Waals surface area contributed by atoms with Gasteiger partial charge in [0.15, 0.2) is 0 Å². The van der Waals surface area contributed by atoms with Gasteiger partial charge in [-0.1, -0.05) is 13.3 Å². The van der Waals surface area contributed by atoms with Gasteiger partial charge in [-0.15, -0.1) is 0 Å². The first-order valence-electron chi connectivity index (χ1n) is 7.71. The molecule has 4 heteroatoms. The highest BCUT2D eigenvalue weighted by molar-refractivity contribution is 5.89.